The highest BCUT2D eigenvalue weighted by molar-refractivity contribution is 6.30. The van der Waals surface area contributed by atoms with E-state index < -0.39 is 0 Å². The van der Waals surface area contributed by atoms with Gasteiger partial charge in [-0.15, -0.1) is 0 Å². The van der Waals surface area contributed by atoms with E-state index in [0.29, 0.717) is 6.54 Å². The molecule has 29 heavy (non-hydrogen) atoms. The molecule has 0 aliphatic rings. The van der Waals surface area contributed by atoms with Gasteiger partial charge in [-0.05, 0) is 42.3 Å². The Morgan fingerprint density at radius 1 is 1.03 bits per heavy atom. The van der Waals surface area contributed by atoms with Crippen LogP contribution in [0.2, 0.25) is 5.02 Å². The molecule has 0 radical (unpaired) electrons. The molecule has 4 nitrogen and oxygen atoms in total. The average molecular weight is 403 g/mol. The van der Waals surface area contributed by atoms with Crippen molar-refractivity contribution in [1.29, 1.82) is 0 Å². The summed E-state index contributed by atoms with van der Waals surface area (Å²) >= 11 is 6.14. The molecular weight excluding hydrogens is 380 g/mol. The third-order valence-electron chi connectivity index (χ3n) is 4.91. The molecule has 1 unspecified atom stereocenters. The first-order chi connectivity index (χ1) is 14.2. The minimum Gasteiger partial charge on any atom is -0.306 e. The van der Waals surface area contributed by atoms with Crippen molar-refractivity contribution in [1.82, 2.24) is 20.1 Å². The molecule has 0 aliphatic carbocycles. The summed E-state index contributed by atoms with van der Waals surface area (Å²) in [4.78, 5) is 4.26. The number of aromatic nitrogens is 3. The Balaban J connectivity index is 1.57. The fourth-order valence-electron chi connectivity index (χ4n) is 3.35. The second-order valence-electron chi connectivity index (χ2n) is 7.09. The Kier molecular flexibility index (Phi) is 6.03. The van der Waals surface area contributed by atoms with Gasteiger partial charge in [0.2, 0.25) is 0 Å². The van der Waals surface area contributed by atoms with Gasteiger partial charge in [-0.1, -0.05) is 54.1 Å². The smallest absolute Gasteiger partial charge is 0.0983 e. The Morgan fingerprint density at radius 2 is 1.90 bits per heavy atom. The van der Waals surface area contributed by atoms with Gasteiger partial charge in [0.25, 0.3) is 0 Å². The Labute approximate surface area is 176 Å². The van der Waals surface area contributed by atoms with Crippen molar-refractivity contribution >= 4 is 11.6 Å². The van der Waals surface area contributed by atoms with Crippen LogP contribution in [0.1, 0.15) is 29.7 Å². The normalized spacial score (nSPS) is 12.1. The molecule has 0 saturated carbocycles. The molecule has 0 bridgehead atoms. The van der Waals surface area contributed by atoms with E-state index in [9.17, 15) is 0 Å². The molecule has 0 amide bonds. The number of rotatable bonds is 7. The molecule has 2 aromatic heterocycles. The lowest BCUT2D eigenvalue weighted by molar-refractivity contribution is 0.574. The molecule has 1 N–H and O–H groups in total. The molecular formula is C24H23ClN4. The monoisotopic (exact) mass is 402 g/mol. The van der Waals surface area contributed by atoms with E-state index in [1.807, 2.05) is 47.3 Å². The highest BCUT2D eigenvalue weighted by Crippen LogP contribution is 2.23. The number of halogens is 1. The summed E-state index contributed by atoms with van der Waals surface area (Å²) in [6, 6.07) is 22.5. The second-order valence-corrected chi connectivity index (χ2v) is 7.52. The second kappa shape index (κ2) is 9.03. The van der Waals surface area contributed by atoms with Gasteiger partial charge in [0, 0.05) is 47.3 Å². The van der Waals surface area contributed by atoms with Gasteiger partial charge in [-0.25, -0.2) is 0 Å². The maximum atomic E-state index is 6.14. The first kappa shape index (κ1) is 19.4. The number of pyridine rings is 1. The molecule has 4 rings (SSSR count). The van der Waals surface area contributed by atoms with E-state index in [0.717, 1.165) is 34.0 Å². The van der Waals surface area contributed by atoms with E-state index in [1.165, 1.54) is 5.56 Å². The minimum absolute atomic E-state index is 0.174. The lowest BCUT2D eigenvalue weighted by Gasteiger charge is -2.14. The van der Waals surface area contributed by atoms with Crippen LogP contribution in [0.4, 0.5) is 0 Å². The number of nitrogens with zero attached hydrogens (tertiary/aromatic N) is 3. The summed E-state index contributed by atoms with van der Waals surface area (Å²) in [5, 5.41) is 9.21. The number of benzene rings is 2. The zero-order chi connectivity index (χ0) is 20.1. The summed E-state index contributed by atoms with van der Waals surface area (Å²) in [7, 11) is 0. The molecule has 4 aromatic rings. The molecule has 146 valence electrons. The van der Waals surface area contributed by atoms with E-state index in [-0.39, 0.29) is 6.04 Å². The predicted molar refractivity (Wildman–Crippen MR) is 118 cm³/mol. The van der Waals surface area contributed by atoms with E-state index in [4.69, 9.17) is 16.7 Å². The van der Waals surface area contributed by atoms with E-state index in [1.54, 1.807) is 6.20 Å². The number of hydrogen-bond acceptors (Lipinski definition) is 3. The molecule has 1 atom stereocenters. The maximum Gasteiger partial charge on any atom is 0.0983 e. The molecule has 5 heteroatoms. The molecule has 0 saturated heterocycles. The van der Waals surface area contributed by atoms with Gasteiger partial charge < -0.3 is 5.32 Å². The third-order valence-corrected chi connectivity index (χ3v) is 5.14. The van der Waals surface area contributed by atoms with E-state index in [2.05, 4.69) is 53.8 Å². The first-order valence-corrected chi connectivity index (χ1v) is 10.1. The highest BCUT2D eigenvalue weighted by Gasteiger charge is 2.13. The van der Waals surface area contributed by atoms with Gasteiger partial charge >= 0.3 is 0 Å². The van der Waals surface area contributed by atoms with E-state index >= 15 is 0 Å². The maximum absolute atomic E-state index is 6.14. The molecule has 0 spiro atoms. The van der Waals surface area contributed by atoms with Crippen molar-refractivity contribution < 1.29 is 0 Å². The lowest BCUT2D eigenvalue weighted by atomic mass is 10.1. The molecule has 0 aliphatic heterocycles. The van der Waals surface area contributed by atoms with Crippen molar-refractivity contribution in [2.45, 2.75) is 26.1 Å². The van der Waals surface area contributed by atoms with Crippen LogP contribution in [-0.4, -0.2) is 14.8 Å². The van der Waals surface area contributed by atoms with Crippen LogP contribution in [0.5, 0.6) is 0 Å². The standard InChI is InChI=1S/C24H23ClN4/c1-18(20-9-5-11-23(25)13-20)27-15-22-17-29(16-19-7-3-2-4-8-19)28-24(22)21-10-6-12-26-14-21/h2-14,17-18,27H,15-16H2,1H3. The first-order valence-electron chi connectivity index (χ1n) is 9.68. The van der Waals surface area contributed by atoms with Gasteiger partial charge in [0.15, 0.2) is 0 Å². The minimum atomic E-state index is 0.174. The number of nitrogens with one attached hydrogen (secondary N) is 1. The molecule has 2 aromatic carbocycles. The van der Waals surface area contributed by atoms with Crippen molar-refractivity contribution in [2.75, 3.05) is 0 Å². The van der Waals surface area contributed by atoms with Crippen molar-refractivity contribution in [2.24, 2.45) is 0 Å². The predicted octanol–water partition coefficient (Wildman–Crippen LogP) is 5.50. The third kappa shape index (κ3) is 4.91. The molecule has 2 heterocycles. The average Bonchev–Trinajstić information content (AvgIpc) is 3.16. The van der Waals surface area contributed by atoms with Gasteiger partial charge in [0.1, 0.15) is 0 Å². The SMILES string of the molecule is CC(NCc1cn(Cc2ccccc2)nc1-c1cccnc1)c1cccc(Cl)c1. The van der Waals surface area contributed by atoms with Crippen LogP contribution >= 0.6 is 11.6 Å². The molecule has 0 fully saturated rings. The van der Waals surface area contributed by atoms with Crippen LogP contribution in [-0.2, 0) is 13.1 Å². The van der Waals surface area contributed by atoms with Crippen LogP contribution < -0.4 is 5.32 Å². The highest BCUT2D eigenvalue weighted by atomic mass is 35.5. The van der Waals surface area contributed by atoms with Crippen LogP contribution in [0.25, 0.3) is 11.3 Å². The Morgan fingerprint density at radius 3 is 2.66 bits per heavy atom. The summed E-state index contributed by atoms with van der Waals surface area (Å²) in [5.41, 5.74) is 5.51. The fraction of sp³-hybridized carbons (Fsp3) is 0.167. The fourth-order valence-corrected chi connectivity index (χ4v) is 3.54. The zero-order valence-corrected chi connectivity index (χ0v) is 17.1. The lowest BCUT2D eigenvalue weighted by Crippen LogP contribution is -2.18. The number of hydrogen-bond donors (Lipinski definition) is 1. The summed E-state index contributed by atoms with van der Waals surface area (Å²) in [5.74, 6) is 0. The quantitative estimate of drug-likeness (QED) is 0.444. The van der Waals surface area contributed by atoms with Gasteiger partial charge in [-0.2, -0.15) is 5.10 Å². The van der Waals surface area contributed by atoms with Crippen LogP contribution in [0, 0.1) is 0 Å². The van der Waals surface area contributed by atoms with Gasteiger partial charge in [0.05, 0.1) is 12.2 Å². The van der Waals surface area contributed by atoms with Crippen molar-refractivity contribution in [3.05, 3.63) is 107 Å². The zero-order valence-electron chi connectivity index (χ0n) is 16.3. The van der Waals surface area contributed by atoms with Crippen LogP contribution in [0.15, 0.2) is 85.3 Å². The Bertz CT molecular complexity index is 1060. The Hall–Kier alpha value is -2.95. The van der Waals surface area contributed by atoms with Gasteiger partial charge in [-0.3, -0.25) is 9.67 Å². The summed E-state index contributed by atoms with van der Waals surface area (Å²) in [6.45, 7) is 3.58. The van der Waals surface area contributed by atoms with Crippen molar-refractivity contribution in [3.8, 4) is 11.3 Å². The largest absolute Gasteiger partial charge is 0.306 e. The topological polar surface area (TPSA) is 42.7 Å². The summed E-state index contributed by atoms with van der Waals surface area (Å²) < 4.78 is 2.00. The van der Waals surface area contributed by atoms with Crippen molar-refractivity contribution in [3.63, 3.8) is 0 Å². The van der Waals surface area contributed by atoms with Crippen LogP contribution in [0.3, 0.4) is 0 Å². The summed E-state index contributed by atoms with van der Waals surface area (Å²) in [6.07, 6.45) is 5.76.